The van der Waals surface area contributed by atoms with E-state index < -0.39 is 32.7 Å². The Balaban J connectivity index is 1.51. The molecule has 1 saturated heterocycles. The van der Waals surface area contributed by atoms with E-state index in [2.05, 4.69) is 10.3 Å². The number of nitro groups is 1. The van der Waals surface area contributed by atoms with Crippen molar-refractivity contribution < 1.29 is 22.5 Å². The van der Waals surface area contributed by atoms with Crippen LogP contribution in [0.1, 0.15) is 12.8 Å². The molecule has 1 N–H and O–H groups in total. The molecule has 1 atom stereocenters. The largest absolute Gasteiger partial charge is 0.301 e. The van der Waals surface area contributed by atoms with Gasteiger partial charge >= 0.3 is 0 Å². The quantitative estimate of drug-likeness (QED) is 0.428. The summed E-state index contributed by atoms with van der Waals surface area (Å²) in [6, 6.07) is 9.50. The Morgan fingerprint density at radius 1 is 1.25 bits per heavy atom. The number of thiazole rings is 1. The summed E-state index contributed by atoms with van der Waals surface area (Å²) in [4.78, 5) is 27.5. The Morgan fingerprint density at radius 3 is 2.72 bits per heavy atom. The first-order valence-electron chi connectivity index (χ1n) is 9.54. The van der Waals surface area contributed by atoms with Crippen LogP contribution in [0, 0.1) is 15.9 Å². The van der Waals surface area contributed by atoms with E-state index in [1.165, 1.54) is 24.3 Å². The molecule has 1 amide bonds. The summed E-state index contributed by atoms with van der Waals surface area (Å²) < 4.78 is 40.2. The maximum Gasteiger partial charge on any atom is 0.270 e. The number of aromatic nitrogens is 1. The molecule has 1 fully saturated rings. The van der Waals surface area contributed by atoms with Crippen molar-refractivity contribution in [1.82, 2.24) is 9.29 Å². The third kappa shape index (κ3) is 4.38. The number of benzene rings is 2. The SMILES string of the molecule is O=C(Nc1nc(-c2cccc([N+](=O)[O-])c2)cs1)C1CCCN1S(=O)(=O)c1ccc(F)cc1. The maximum atomic E-state index is 13.2. The third-order valence-electron chi connectivity index (χ3n) is 5.01. The lowest BCUT2D eigenvalue weighted by Crippen LogP contribution is -2.43. The number of non-ortho nitro benzene ring substituents is 1. The molecule has 0 aliphatic carbocycles. The van der Waals surface area contributed by atoms with Gasteiger partial charge in [-0.15, -0.1) is 11.3 Å². The average molecular weight is 477 g/mol. The van der Waals surface area contributed by atoms with E-state index in [4.69, 9.17) is 0 Å². The number of hydrogen-bond acceptors (Lipinski definition) is 7. The average Bonchev–Trinajstić information content (AvgIpc) is 3.44. The van der Waals surface area contributed by atoms with Gasteiger partial charge in [-0.2, -0.15) is 4.31 Å². The molecule has 1 aliphatic rings. The smallest absolute Gasteiger partial charge is 0.270 e. The summed E-state index contributed by atoms with van der Waals surface area (Å²) in [5.41, 5.74) is 0.905. The number of hydrogen-bond donors (Lipinski definition) is 1. The fraction of sp³-hybridized carbons (Fsp3) is 0.200. The second-order valence-corrected chi connectivity index (χ2v) is 9.81. The standard InChI is InChI=1S/C20H17FN4O5S2/c21-14-6-8-16(9-7-14)32(29,30)24-10-2-5-18(24)19(26)23-20-22-17(12-31-20)13-3-1-4-15(11-13)25(27)28/h1,3-4,6-9,11-12,18H,2,5,10H2,(H,22,23,26). The monoisotopic (exact) mass is 476 g/mol. The highest BCUT2D eigenvalue weighted by Crippen LogP contribution is 2.30. The van der Waals surface area contributed by atoms with Crippen molar-refractivity contribution in [3.63, 3.8) is 0 Å². The van der Waals surface area contributed by atoms with Crippen LogP contribution >= 0.6 is 11.3 Å². The number of halogens is 1. The molecule has 0 radical (unpaired) electrons. The van der Waals surface area contributed by atoms with Crippen LogP contribution in [0.4, 0.5) is 15.2 Å². The number of nitro benzene ring substituents is 1. The number of amides is 1. The van der Waals surface area contributed by atoms with E-state index in [1.807, 2.05) is 0 Å². The molecule has 3 aromatic rings. The topological polar surface area (TPSA) is 123 Å². The first kappa shape index (κ1) is 22.0. The first-order valence-corrected chi connectivity index (χ1v) is 11.9. The highest BCUT2D eigenvalue weighted by atomic mass is 32.2. The van der Waals surface area contributed by atoms with Crippen LogP contribution in [0.15, 0.2) is 58.8 Å². The van der Waals surface area contributed by atoms with Gasteiger partial charge in [0.2, 0.25) is 15.9 Å². The number of nitrogens with zero attached hydrogens (tertiary/aromatic N) is 3. The highest BCUT2D eigenvalue weighted by Gasteiger charge is 2.39. The lowest BCUT2D eigenvalue weighted by Gasteiger charge is -2.23. The second-order valence-electron chi connectivity index (χ2n) is 7.06. The van der Waals surface area contributed by atoms with E-state index in [1.54, 1.807) is 17.5 Å². The lowest BCUT2D eigenvalue weighted by molar-refractivity contribution is -0.384. The van der Waals surface area contributed by atoms with E-state index in [0.29, 0.717) is 24.1 Å². The molecule has 32 heavy (non-hydrogen) atoms. The van der Waals surface area contributed by atoms with Crippen molar-refractivity contribution in [3.8, 4) is 11.3 Å². The summed E-state index contributed by atoms with van der Waals surface area (Å²) in [7, 11) is -3.97. The molecule has 2 aromatic carbocycles. The van der Waals surface area contributed by atoms with E-state index in [0.717, 1.165) is 27.8 Å². The van der Waals surface area contributed by atoms with Crippen LogP contribution in [-0.2, 0) is 14.8 Å². The molecule has 2 heterocycles. The van der Waals surface area contributed by atoms with Gasteiger partial charge < -0.3 is 5.32 Å². The molecule has 0 bridgehead atoms. The molecular weight excluding hydrogens is 459 g/mol. The Bertz CT molecular complexity index is 1280. The van der Waals surface area contributed by atoms with Crippen molar-refractivity contribution >= 4 is 38.1 Å². The van der Waals surface area contributed by atoms with Gasteiger partial charge in [-0.3, -0.25) is 14.9 Å². The van der Waals surface area contributed by atoms with Crippen LogP contribution < -0.4 is 5.32 Å². The molecule has 9 nitrogen and oxygen atoms in total. The van der Waals surface area contributed by atoms with Gasteiger partial charge in [-0.1, -0.05) is 12.1 Å². The third-order valence-corrected chi connectivity index (χ3v) is 7.69. The zero-order valence-corrected chi connectivity index (χ0v) is 18.1. The van der Waals surface area contributed by atoms with Crippen LogP contribution in [0.3, 0.4) is 0 Å². The minimum absolute atomic E-state index is 0.0753. The van der Waals surface area contributed by atoms with Crippen molar-refractivity contribution in [2.24, 2.45) is 0 Å². The lowest BCUT2D eigenvalue weighted by atomic mass is 10.1. The Morgan fingerprint density at radius 2 is 2.00 bits per heavy atom. The van der Waals surface area contributed by atoms with Gasteiger partial charge in [0.1, 0.15) is 11.9 Å². The van der Waals surface area contributed by atoms with E-state index in [9.17, 15) is 27.7 Å². The number of sulfonamides is 1. The Kier molecular flexibility index (Phi) is 6.00. The summed E-state index contributed by atoms with van der Waals surface area (Å²) in [6.07, 6.45) is 0.852. The van der Waals surface area contributed by atoms with Crippen molar-refractivity contribution in [3.05, 3.63) is 69.8 Å². The molecule has 1 aromatic heterocycles. The minimum Gasteiger partial charge on any atom is -0.301 e. The van der Waals surface area contributed by atoms with E-state index in [-0.39, 0.29) is 22.3 Å². The van der Waals surface area contributed by atoms with Crippen molar-refractivity contribution in [1.29, 1.82) is 0 Å². The molecule has 0 spiro atoms. The fourth-order valence-corrected chi connectivity index (χ4v) is 5.84. The van der Waals surface area contributed by atoms with Gasteiger partial charge in [0, 0.05) is 29.6 Å². The molecule has 4 rings (SSSR count). The van der Waals surface area contributed by atoms with Crippen molar-refractivity contribution in [2.45, 2.75) is 23.8 Å². The van der Waals surface area contributed by atoms with Crippen LogP contribution in [0.25, 0.3) is 11.3 Å². The number of carbonyl (C=O) groups excluding carboxylic acids is 1. The molecule has 12 heteroatoms. The molecular formula is C20H17FN4O5S2. The van der Waals surface area contributed by atoms with Gasteiger partial charge in [0.25, 0.3) is 5.69 Å². The number of nitrogens with one attached hydrogen (secondary N) is 1. The zero-order valence-electron chi connectivity index (χ0n) is 16.5. The predicted octanol–water partition coefficient (Wildman–Crippen LogP) is 3.65. The first-order chi connectivity index (χ1) is 15.3. The molecule has 0 saturated carbocycles. The van der Waals surface area contributed by atoms with Crippen LogP contribution in [-0.4, -0.2) is 41.1 Å². The molecule has 1 aliphatic heterocycles. The summed E-state index contributed by atoms with van der Waals surface area (Å²) >= 11 is 1.13. The summed E-state index contributed by atoms with van der Waals surface area (Å²) in [6.45, 7) is 0.175. The zero-order chi connectivity index (χ0) is 22.9. The van der Waals surface area contributed by atoms with Crippen molar-refractivity contribution in [2.75, 3.05) is 11.9 Å². The second kappa shape index (κ2) is 8.73. The normalized spacial score (nSPS) is 16.7. The summed E-state index contributed by atoms with van der Waals surface area (Å²) in [5.74, 6) is -1.07. The number of anilines is 1. The van der Waals surface area contributed by atoms with Crippen LogP contribution in [0.5, 0.6) is 0 Å². The van der Waals surface area contributed by atoms with E-state index >= 15 is 0 Å². The van der Waals surface area contributed by atoms with Gasteiger partial charge in [-0.25, -0.2) is 17.8 Å². The fourth-order valence-electron chi connectivity index (χ4n) is 3.46. The maximum absolute atomic E-state index is 13.2. The summed E-state index contributed by atoms with van der Waals surface area (Å²) in [5, 5.41) is 15.5. The molecule has 166 valence electrons. The van der Waals surface area contributed by atoms with Gasteiger partial charge in [0.05, 0.1) is 15.5 Å². The Labute approximate surface area is 186 Å². The minimum atomic E-state index is -3.97. The predicted molar refractivity (Wildman–Crippen MR) is 116 cm³/mol. The molecule has 1 unspecified atom stereocenters. The van der Waals surface area contributed by atoms with Gasteiger partial charge in [-0.05, 0) is 37.1 Å². The van der Waals surface area contributed by atoms with Crippen LogP contribution in [0.2, 0.25) is 0 Å². The number of carbonyl (C=O) groups is 1. The van der Waals surface area contributed by atoms with Gasteiger partial charge in [0.15, 0.2) is 5.13 Å². The highest BCUT2D eigenvalue weighted by molar-refractivity contribution is 7.89. The Hall–Kier alpha value is -3.22. The number of rotatable bonds is 6.